The Balaban J connectivity index is 2.09. The van der Waals surface area contributed by atoms with Crippen molar-refractivity contribution < 1.29 is 8.42 Å². The van der Waals surface area contributed by atoms with Crippen LogP contribution in [0.1, 0.15) is 17.3 Å². The van der Waals surface area contributed by atoms with Gasteiger partial charge in [-0.1, -0.05) is 30.3 Å². The van der Waals surface area contributed by atoms with E-state index in [1.54, 1.807) is 14.0 Å². The number of aryl methyl sites for hydroxylation is 1. The van der Waals surface area contributed by atoms with Gasteiger partial charge in [-0.2, -0.15) is 5.10 Å². The Morgan fingerprint density at radius 1 is 1.35 bits per heavy atom. The molecule has 1 atom stereocenters. The fraction of sp³-hybridized carbons (Fsp3) is 0.308. The highest BCUT2D eigenvalue weighted by Crippen LogP contribution is 2.14. The molecule has 0 aliphatic carbocycles. The number of benzene rings is 1. The van der Waals surface area contributed by atoms with E-state index in [0.717, 1.165) is 5.56 Å². The number of nitrogens with two attached hydrogens (primary N) is 1. The van der Waals surface area contributed by atoms with Crippen LogP contribution in [0.4, 0.5) is 0 Å². The van der Waals surface area contributed by atoms with Gasteiger partial charge in [-0.25, -0.2) is 13.1 Å². The molecule has 0 aliphatic heterocycles. The van der Waals surface area contributed by atoms with Gasteiger partial charge in [-0.3, -0.25) is 4.68 Å². The maximum Gasteiger partial charge on any atom is 0.244 e. The molecule has 2 rings (SSSR count). The molecule has 0 fully saturated rings. The highest BCUT2D eigenvalue weighted by atomic mass is 32.2. The average Bonchev–Trinajstić information content (AvgIpc) is 2.78. The van der Waals surface area contributed by atoms with Gasteiger partial charge in [0.25, 0.3) is 0 Å². The van der Waals surface area contributed by atoms with Gasteiger partial charge in [-0.05, 0) is 12.5 Å². The summed E-state index contributed by atoms with van der Waals surface area (Å²) in [7, 11) is -1.89. The average molecular weight is 294 g/mol. The molecule has 0 aliphatic rings. The number of nitrogens with one attached hydrogen (secondary N) is 1. The molecule has 7 heteroatoms. The summed E-state index contributed by atoms with van der Waals surface area (Å²) in [6.07, 6.45) is 1.34. The topological polar surface area (TPSA) is 90.0 Å². The lowest BCUT2D eigenvalue weighted by atomic mass is 10.1. The third-order valence-corrected chi connectivity index (χ3v) is 4.73. The van der Waals surface area contributed by atoms with Gasteiger partial charge in [0.2, 0.25) is 10.0 Å². The normalized spacial score (nSPS) is 13.3. The van der Waals surface area contributed by atoms with Gasteiger partial charge in [0.15, 0.2) is 0 Å². The lowest BCUT2D eigenvalue weighted by Gasteiger charge is -2.13. The molecule has 1 unspecified atom stereocenters. The Kier molecular flexibility index (Phi) is 4.22. The van der Waals surface area contributed by atoms with E-state index in [1.165, 1.54) is 10.9 Å². The largest absolute Gasteiger partial charge is 0.323 e. The van der Waals surface area contributed by atoms with Gasteiger partial charge in [0.1, 0.15) is 4.90 Å². The van der Waals surface area contributed by atoms with Crippen molar-refractivity contribution in [1.82, 2.24) is 14.5 Å². The van der Waals surface area contributed by atoms with Gasteiger partial charge < -0.3 is 5.73 Å². The van der Waals surface area contributed by atoms with Crippen molar-refractivity contribution in [2.45, 2.75) is 17.9 Å². The Morgan fingerprint density at radius 2 is 2.00 bits per heavy atom. The molecule has 1 heterocycles. The summed E-state index contributed by atoms with van der Waals surface area (Å²) < 4.78 is 28.4. The van der Waals surface area contributed by atoms with Crippen LogP contribution in [0.5, 0.6) is 0 Å². The molecular formula is C13H18N4O2S. The molecule has 2 aromatic rings. The van der Waals surface area contributed by atoms with E-state index >= 15 is 0 Å². The standard InChI is InChI=1S/C13H18N4O2S/c1-10-13(9-15-17(10)2)20(18,19)16-8-12(14)11-6-4-3-5-7-11/h3-7,9,12,16H,8,14H2,1-2H3. The molecule has 0 spiro atoms. The van der Waals surface area contributed by atoms with Crippen LogP contribution in [-0.2, 0) is 17.1 Å². The fourth-order valence-corrected chi connectivity index (χ4v) is 3.10. The van der Waals surface area contributed by atoms with Crippen LogP contribution in [0.15, 0.2) is 41.4 Å². The fourth-order valence-electron chi connectivity index (χ4n) is 1.84. The summed E-state index contributed by atoms with van der Waals surface area (Å²) in [5, 5.41) is 3.93. The van der Waals surface area contributed by atoms with E-state index in [0.29, 0.717) is 5.69 Å². The molecule has 0 bridgehead atoms. The number of hydrogen-bond acceptors (Lipinski definition) is 4. The lowest BCUT2D eigenvalue weighted by Crippen LogP contribution is -2.32. The van der Waals surface area contributed by atoms with E-state index in [1.807, 2.05) is 30.3 Å². The second-order valence-corrected chi connectivity index (χ2v) is 6.32. The molecule has 0 amide bonds. The zero-order valence-electron chi connectivity index (χ0n) is 11.4. The second-order valence-electron chi connectivity index (χ2n) is 4.59. The van der Waals surface area contributed by atoms with E-state index < -0.39 is 10.0 Å². The van der Waals surface area contributed by atoms with Crippen LogP contribution in [-0.4, -0.2) is 24.7 Å². The monoisotopic (exact) mass is 294 g/mol. The highest BCUT2D eigenvalue weighted by molar-refractivity contribution is 7.89. The molecule has 0 saturated carbocycles. The molecule has 0 saturated heterocycles. The maximum absolute atomic E-state index is 12.2. The van der Waals surface area contributed by atoms with Crippen molar-refractivity contribution in [3.8, 4) is 0 Å². The molecule has 6 nitrogen and oxygen atoms in total. The Morgan fingerprint density at radius 3 is 2.55 bits per heavy atom. The lowest BCUT2D eigenvalue weighted by molar-refractivity contribution is 0.571. The van der Waals surface area contributed by atoms with Crippen LogP contribution in [0.25, 0.3) is 0 Å². The van der Waals surface area contributed by atoms with Crippen LogP contribution in [0.3, 0.4) is 0 Å². The van der Waals surface area contributed by atoms with E-state index in [9.17, 15) is 8.42 Å². The van der Waals surface area contributed by atoms with E-state index in [-0.39, 0.29) is 17.5 Å². The minimum absolute atomic E-state index is 0.140. The molecular weight excluding hydrogens is 276 g/mol. The molecule has 20 heavy (non-hydrogen) atoms. The number of sulfonamides is 1. The van der Waals surface area contributed by atoms with Gasteiger partial charge >= 0.3 is 0 Å². The number of rotatable bonds is 5. The number of nitrogens with zero attached hydrogens (tertiary/aromatic N) is 2. The van der Waals surface area contributed by atoms with Crippen molar-refractivity contribution in [1.29, 1.82) is 0 Å². The van der Waals surface area contributed by atoms with Crippen LogP contribution >= 0.6 is 0 Å². The van der Waals surface area contributed by atoms with Crippen LogP contribution in [0, 0.1) is 6.92 Å². The van der Waals surface area contributed by atoms with Gasteiger partial charge in [0.05, 0.1) is 11.9 Å². The van der Waals surface area contributed by atoms with E-state index in [4.69, 9.17) is 5.73 Å². The second kappa shape index (κ2) is 5.74. The third kappa shape index (κ3) is 3.06. The first-order chi connectivity index (χ1) is 9.42. The quantitative estimate of drug-likeness (QED) is 0.849. The van der Waals surface area contributed by atoms with Crippen LogP contribution in [0.2, 0.25) is 0 Å². The summed E-state index contributed by atoms with van der Waals surface area (Å²) in [5.74, 6) is 0. The van der Waals surface area contributed by atoms with Crippen molar-refractivity contribution >= 4 is 10.0 Å². The smallest absolute Gasteiger partial charge is 0.244 e. The number of aromatic nitrogens is 2. The van der Waals surface area contributed by atoms with E-state index in [2.05, 4.69) is 9.82 Å². The predicted octanol–water partition coefficient (Wildman–Crippen LogP) is 0.707. The zero-order chi connectivity index (χ0) is 14.8. The minimum Gasteiger partial charge on any atom is -0.323 e. The minimum atomic E-state index is -3.59. The van der Waals surface area contributed by atoms with Crippen molar-refractivity contribution in [3.63, 3.8) is 0 Å². The summed E-state index contributed by atoms with van der Waals surface area (Å²) in [4.78, 5) is 0.181. The Bertz CT molecular complexity index is 680. The summed E-state index contributed by atoms with van der Waals surface area (Å²) >= 11 is 0. The zero-order valence-corrected chi connectivity index (χ0v) is 12.3. The first-order valence-electron chi connectivity index (χ1n) is 6.20. The maximum atomic E-state index is 12.2. The van der Waals surface area contributed by atoms with Crippen molar-refractivity contribution in [3.05, 3.63) is 47.8 Å². The summed E-state index contributed by atoms with van der Waals surface area (Å²) in [5.41, 5.74) is 7.45. The van der Waals surface area contributed by atoms with Crippen molar-refractivity contribution in [2.24, 2.45) is 12.8 Å². The molecule has 3 N–H and O–H groups in total. The van der Waals surface area contributed by atoms with Crippen molar-refractivity contribution in [2.75, 3.05) is 6.54 Å². The Hall–Kier alpha value is -1.70. The summed E-state index contributed by atoms with van der Waals surface area (Å²) in [6.45, 7) is 1.85. The third-order valence-electron chi connectivity index (χ3n) is 3.20. The molecule has 0 radical (unpaired) electrons. The summed E-state index contributed by atoms with van der Waals surface area (Å²) in [6, 6.07) is 8.98. The predicted molar refractivity (Wildman–Crippen MR) is 76.5 cm³/mol. The number of hydrogen-bond donors (Lipinski definition) is 2. The SMILES string of the molecule is Cc1c(S(=O)(=O)NCC(N)c2ccccc2)cnn1C. The first kappa shape index (κ1) is 14.7. The Labute approximate surface area is 118 Å². The molecule has 108 valence electrons. The highest BCUT2D eigenvalue weighted by Gasteiger charge is 2.20. The van der Waals surface area contributed by atoms with Gasteiger partial charge in [-0.15, -0.1) is 0 Å². The first-order valence-corrected chi connectivity index (χ1v) is 7.69. The van der Waals surface area contributed by atoms with Crippen LogP contribution < -0.4 is 10.5 Å². The molecule has 1 aromatic heterocycles. The van der Waals surface area contributed by atoms with Gasteiger partial charge in [0, 0.05) is 19.6 Å². The molecule has 1 aromatic carbocycles.